The van der Waals surface area contributed by atoms with Gasteiger partial charge >= 0.3 is 0 Å². The van der Waals surface area contributed by atoms with Gasteiger partial charge in [0, 0.05) is 38.7 Å². The molecule has 1 aliphatic carbocycles. The molecule has 0 aliphatic heterocycles. The van der Waals surface area contributed by atoms with Crippen LogP contribution in [-0.4, -0.2) is 17.9 Å². The summed E-state index contributed by atoms with van der Waals surface area (Å²) in [7, 11) is -5.45. The number of fused-ring (bicyclic) bond motifs is 1. The van der Waals surface area contributed by atoms with E-state index in [1.54, 1.807) is 48.5 Å². The maximum absolute atomic E-state index is 13.1. The number of furan rings is 1. The molecule has 0 bridgehead atoms. The van der Waals surface area contributed by atoms with E-state index in [2.05, 4.69) is 4.72 Å². The van der Waals surface area contributed by atoms with Crippen LogP contribution in [0, 0.1) is 0 Å². The van der Waals surface area contributed by atoms with Gasteiger partial charge in [0.2, 0.25) is 5.09 Å². The molecular weight excluding hydrogens is 444 g/mol. The predicted molar refractivity (Wildman–Crippen MR) is 120 cm³/mol. The summed E-state index contributed by atoms with van der Waals surface area (Å²) in [6.07, 6.45) is 3.55. The Balaban J connectivity index is 1.60. The molecule has 1 aliphatic rings. The van der Waals surface area contributed by atoms with Crippen molar-refractivity contribution in [1.82, 2.24) is 4.72 Å². The number of rotatable bonds is 6. The number of benzene rings is 2. The number of para-hydroxylation sites is 2. The Morgan fingerprint density at radius 1 is 1.17 bits per heavy atom. The van der Waals surface area contributed by atoms with Gasteiger partial charge in [-0.3, -0.25) is 8.93 Å². The van der Waals surface area contributed by atoms with Crippen LogP contribution in [0.2, 0.25) is 0 Å². The Morgan fingerprint density at radius 2 is 1.90 bits per heavy atom. The number of allylic oxidation sites excluding steroid dienone is 3. The van der Waals surface area contributed by atoms with Crippen molar-refractivity contribution in [3.05, 3.63) is 83.0 Å². The molecular formula is C21H19ClN2O4S2. The van der Waals surface area contributed by atoms with E-state index >= 15 is 0 Å². The fourth-order valence-electron chi connectivity index (χ4n) is 3.21. The average molecular weight is 463 g/mol. The van der Waals surface area contributed by atoms with Gasteiger partial charge in [-0.2, -0.15) is 8.42 Å². The quantitative estimate of drug-likeness (QED) is 0.538. The van der Waals surface area contributed by atoms with Crippen molar-refractivity contribution < 1.29 is 17.0 Å². The Hall–Kier alpha value is -2.55. The van der Waals surface area contributed by atoms with Crippen LogP contribution in [0.5, 0.6) is 0 Å². The summed E-state index contributed by atoms with van der Waals surface area (Å²) in [5, 5.41) is 0.260. The van der Waals surface area contributed by atoms with Gasteiger partial charge in [-0.05, 0) is 30.2 Å². The first-order valence-corrected chi connectivity index (χ1v) is 12.4. The molecule has 3 N–H and O–H groups in total. The number of anilines is 1. The van der Waals surface area contributed by atoms with Crippen molar-refractivity contribution in [3.63, 3.8) is 0 Å². The van der Waals surface area contributed by atoms with Crippen LogP contribution in [0.3, 0.4) is 0 Å². The van der Waals surface area contributed by atoms with E-state index in [1.165, 1.54) is 12.1 Å². The zero-order valence-electron chi connectivity index (χ0n) is 15.7. The predicted octanol–water partition coefficient (Wildman–Crippen LogP) is 4.02. The first-order chi connectivity index (χ1) is 14.3. The van der Waals surface area contributed by atoms with E-state index in [9.17, 15) is 12.6 Å². The lowest BCUT2D eigenvalue weighted by molar-refractivity contribution is 0.478. The third-order valence-corrected chi connectivity index (χ3v) is 7.93. The standard InChI is InChI=1S/C21H19ClN2O4S2/c22-16-9-10-20(29(25)13-15-6-1-3-7-17(15)23)18(12-16)24-30(26,27)21-11-14-5-2-4-8-19(14)28-21/h1-9,11-12,20,24H,10,13,23H2. The van der Waals surface area contributed by atoms with Gasteiger partial charge in [0.1, 0.15) is 5.58 Å². The topological polar surface area (TPSA) is 102 Å². The van der Waals surface area contributed by atoms with Crippen molar-refractivity contribution in [2.75, 3.05) is 5.73 Å². The highest BCUT2D eigenvalue weighted by atomic mass is 35.5. The second-order valence-corrected chi connectivity index (χ2v) is 10.5. The minimum atomic E-state index is -4.02. The van der Waals surface area contributed by atoms with Crippen molar-refractivity contribution in [2.45, 2.75) is 22.5 Å². The Bertz CT molecular complexity index is 1260. The Labute approximate surface area is 181 Å². The number of halogens is 1. The lowest BCUT2D eigenvalue weighted by Gasteiger charge is -2.23. The number of nitrogens with two attached hydrogens (primary N) is 1. The minimum absolute atomic E-state index is 0.201. The first-order valence-electron chi connectivity index (χ1n) is 9.13. The highest BCUT2D eigenvalue weighted by Crippen LogP contribution is 2.28. The molecule has 0 saturated heterocycles. The fraction of sp³-hybridized carbons (Fsp3) is 0.143. The SMILES string of the molecule is Nc1ccccc1CS(=O)C1CC=C(Cl)C=C1NS(=O)(=O)c1cc2ccccc2o1. The van der Waals surface area contributed by atoms with Crippen LogP contribution in [0.25, 0.3) is 11.0 Å². The van der Waals surface area contributed by atoms with Gasteiger partial charge in [-0.15, -0.1) is 0 Å². The van der Waals surface area contributed by atoms with Crippen LogP contribution >= 0.6 is 11.6 Å². The smallest absolute Gasteiger partial charge is 0.295 e. The molecule has 30 heavy (non-hydrogen) atoms. The van der Waals surface area contributed by atoms with Crippen molar-refractivity contribution in [3.8, 4) is 0 Å². The lowest BCUT2D eigenvalue weighted by atomic mass is 10.1. The number of hydrogen-bond acceptors (Lipinski definition) is 5. The molecule has 156 valence electrons. The lowest BCUT2D eigenvalue weighted by Crippen LogP contribution is -2.33. The average Bonchev–Trinajstić information content (AvgIpc) is 3.15. The van der Waals surface area contributed by atoms with E-state index in [-0.39, 0.29) is 16.5 Å². The molecule has 1 heterocycles. The van der Waals surface area contributed by atoms with Gasteiger partial charge in [0.15, 0.2) is 0 Å². The zero-order valence-corrected chi connectivity index (χ0v) is 18.1. The molecule has 1 aromatic heterocycles. The molecule has 0 spiro atoms. The van der Waals surface area contributed by atoms with Crippen LogP contribution in [0.4, 0.5) is 5.69 Å². The van der Waals surface area contributed by atoms with E-state index in [0.29, 0.717) is 28.1 Å². The minimum Gasteiger partial charge on any atom is -0.443 e. The molecule has 2 aromatic carbocycles. The summed E-state index contributed by atoms with van der Waals surface area (Å²) >= 11 is 6.11. The molecule has 2 atom stereocenters. The van der Waals surface area contributed by atoms with Crippen molar-refractivity contribution >= 4 is 49.1 Å². The molecule has 2 unspecified atom stereocenters. The van der Waals surface area contributed by atoms with Crippen LogP contribution < -0.4 is 10.5 Å². The van der Waals surface area contributed by atoms with Gasteiger partial charge in [-0.25, -0.2) is 0 Å². The van der Waals surface area contributed by atoms with Crippen LogP contribution in [-0.2, 0) is 26.6 Å². The third kappa shape index (κ3) is 4.30. The Kier molecular flexibility index (Phi) is 5.73. The zero-order chi connectivity index (χ0) is 21.3. The van der Waals surface area contributed by atoms with Gasteiger partial charge < -0.3 is 10.2 Å². The second-order valence-electron chi connectivity index (χ2n) is 6.85. The summed E-state index contributed by atoms with van der Waals surface area (Å²) in [6.45, 7) is 0. The molecule has 0 radical (unpaired) electrons. The Morgan fingerprint density at radius 3 is 2.67 bits per heavy atom. The second kappa shape index (κ2) is 8.29. The van der Waals surface area contributed by atoms with Crippen molar-refractivity contribution in [1.29, 1.82) is 0 Å². The van der Waals surface area contributed by atoms with Gasteiger partial charge in [0.25, 0.3) is 10.0 Å². The first kappa shape index (κ1) is 20.7. The third-order valence-electron chi connectivity index (χ3n) is 4.76. The largest absolute Gasteiger partial charge is 0.443 e. The highest BCUT2D eigenvalue weighted by molar-refractivity contribution is 7.89. The number of nitrogens with one attached hydrogen (secondary N) is 1. The molecule has 0 saturated carbocycles. The molecule has 3 aromatic rings. The van der Waals surface area contributed by atoms with Crippen LogP contribution in [0.1, 0.15) is 12.0 Å². The van der Waals surface area contributed by atoms with Crippen LogP contribution in [0.15, 0.2) is 87.0 Å². The normalized spacial score (nSPS) is 18.0. The summed E-state index contributed by atoms with van der Waals surface area (Å²) < 4.78 is 47.0. The van der Waals surface area contributed by atoms with E-state index in [1.807, 2.05) is 6.07 Å². The number of hydrogen-bond donors (Lipinski definition) is 2. The molecule has 0 fully saturated rings. The summed E-state index contributed by atoms with van der Waals surface area (Å²) in [6, 6.07) is 15.6. The van der Waals surface area contributed by atoms with Crippen molar-refractivity contribution in [2.24, 2.45) is 0 Å². The summed E-state index contributed by atoms with van der Waals surface area (Å²) in [4.78, 5) is 0. The van der Waals surface area contributed by atoms with Gasteiger partial charge in [0.05, 0.1) is 11.0 Å². The van der Waals surface area contributed by atoms with E-state index in [0.717, 1.165) is 5.56 Å². The molecule has 6 nitrogen and oxygen atoms in total. The monoisotopic (exact) mass is 462 g/mol. The fourth-order valence-corrected chi connectivity index (χ4v) is 6.07. The molecule has 4 rings (SSSR count). The maximum atomic E-state index is 13.1. The molecule has 0 amide bonds. The molecule has 9 heteroatoms. The number of sulfonamides is 1. The van der Waals surface area contributed by atoms with Gasteiger partial charge in [-0.1, -0.05) is 54.1 Å². The highest BCUT2D eigenvalue weighted by Gasteiger charge is 2.29. The van der Waals surface area contributed by atoms with E-state index < -0.39 is 26.1 Å². The summed E-state index contributed by atoms with van der Waals surface area (Å²) in [5.41, 5.74) is 7.98. The number of nitrogen functional groups attached to an aromatic ring is 1. The summed E-state index contributed by atoms with van der Waals surface area (Å²) in [5.74, 6) is 0.201. The maximum Gasteiger partial charge on any atom is 0.295 e. The van der Waals surface area contributed by atoms with E-state index in [4.69, 9.17) is 21.8 Å².